The van der Waals surface area contributed by atoms with Gasteiger partial charge in [-0.1, -0.05) is 23.9 Å². The Morgan fingerprint density at radius 1 is 1.19 bits per heavy atom. The number of fused-ring (bicyclic) bond motifs is 1. The Morgan fingerprint density at radius 3 is 2.53 bits per heavy atom. The quantitative estimate of drug-likeness (QED) is 0.581. The van der Waals surface area contributed by atoms with Crippen LogP contribution >= 0.6 is 11.8 Å². The second-order valence-corrected chi connectivity index (χ2v) is 10.8. The Hall–Kier alpha value is -3.20. The molecule has 36 heavy (non-hydrogen) atoms. The van der Waals surface area contributed by atoms with Gasteiger partial charge in [0.05, 0.1) is 11.8 Å². The highest BCUT2D eigenvalue weighted by Gasteiger charge is 2.42. The summed E-state index contributed by atoms with van der Waals surface area (Å²) < 4.78 is 12.1. The summed E-state index contributed by atoms with van der Waals surface area (Å²) in [6.07, 6.45) is 1.65. The third kappa shape index (κ3) is 5.02. The maximum atomic E-state index is 13.3. The van der Waals surface area contributed by atoms with E-state index in [9.17, 15) is 19.5 Å². The smallest absolute Gasteiger partial charge is 0.286 e. The lowest BCUT2D eigenvalue weighted by molar-refractivity contribution is -0.147. The second-order valence-electron chi connectivity index (χ2n) is 9.67. The van der Waals surface area contributed by atoms with E-state index in [2.05, 4.69) is 5.32 Å². The Balaban J connectivity index is 1.32. The van der Waals surface area contributed by atoms with Crippen LogP contribution in [-0.2, 0) is 22.4 Å². The molecule has 2 aromatic rings. The molecule has 0 radical (unpaired) electrons. The normalized spacial score (nSPS) is 21.0. The van der Waals surface area contributed by atoms with Crippen molar-refractivity contribution in [3.05, 3.63) is 52.1 Å². The summed E-state index contributed by atoms with van der Waals surface area (Å²) in [7, 11) is 1.74. The lowest BCUT2D eigenvalue weighted by Gasteiger charge is -2.38. The second kappa shape index (κ2) is 10.0. The molecule has 1 fully saturated rings. The molecule has 0 saturated carbocycles. The van der Waals surface area contributed by atoms with Crippen LogP contribution in [0.3, 0.4) is 0 Å². The minimum atomic E-state index is -0.990. The summed E-state index contributed by atoms with van der Waals surface area (Å²) in [5.74, 6) is 1.29. The maximum absolute atomic E-state index is 13.3. The average molecular weight is 513 g/mol. The van der Waals surface area contributed by atoms with Gasteiger partial charge in [-0.2, -0.15) is 0 Å². The van der Waals surface area contributed by atoms with E-state index in [1.54, 1.807) is 11.9 Å². The number of carbonyl (C=O) groups is 3. The molecule has 3 amide bonds. The van der Waals surface area contributed by atoms with Crippen LogP contribution in [0.2, 0.25) is 0 Å². The van der Waals surface area contributed by atoms with Crippen molar-refractivity contribution < 1.29 is 29.0 Å². The molecule has 0 aliphatic carbocycles. The number of ether oxygens (including phenoxy) is 2. The summed E-state index contributed by atoms with van der Waals surface area (Å²) in [6.45, 7) is 8.18. The minimum Gasteiger partial charge on any atom is -0.507 e. The van der Waals surface area contributed by atoms with E-state index in [1.165, 1.54) is 0 Å². The number of thioether (sulfide) groups is 1. The number of nitrogens with zero attached hydrogens (tertiary/aromatic N) is 1. The molecule has 9 heteroatoms. The largest absolute Gasteiger partial charge is 0.507 e. The molecule has 2 unspecified atom stereocenters. The van der Waals surface area contributed by atoms with E-state index in [-0.39, 0.29) is 17.1 Å². The Kier molecular flexibility index (Phi) is 7.22. The van der Waals surface area contributed by atoms with Gasteiger partial charge in [0.2, 0.25) is 5.91 Å². The Labute approximate surface area is 215 Å². The zero-order chi connectivity index (χ0) is 26.2. The molecule has 192 valence electrons. The molecule has 2 N–H and O–H groups in total. The average Bonchev–Trinajstić information content (AvgIpc) is 3.17. The first-order valence-corrected chi connectivity index (χ1v) is 12.9. The van der Waals surface area contributed by atoms with Gasteiger partial charge < -0.3 is 19.5 Å². The van der Waals surface area contributed by atoms with Crippen molar-refractivity contribution in [1.82, 2.24) is 10.2 Å². The number of carbonyl (C=O) groups excluding carboxylic acids is 3. The molecule has 0 bridgehead atoms. The minimum absolute atomic E-state index is 0.114. The van der Waals surface area contributed by atoms with Gasteiger partial charge in [-0.3, -0.25) is 19.7 Å². The molecule has 0 spiro atoms. The fraction of sp³-hybridized carbons (Fsp3) is 0.444. The van der Waals surface area contributed by atoms with E-state index in [1.807, 2.05) is 52.0 Å². The number of likely N-dealkylation sites (N-methyl/N-ethyl adjacent to an activating group) is 1. The number of benzene rings is 2. The topological polar surface area (TPSA) is 105 Å². The number of imide groups is 1. The summed E-state index contributed by atoms with van der Waals surface area (Å²) in [6, 6.07) is 7.39. The third-order valence-corrected chi connectivity index (χ3v) is 8.11. The predicted molar refractivity (Wildman–Crippen MR) is 138 cm³/mol. The number of rotatable bonds is 7. The molecule has 2 atom stereocenters. The van der Waals surface area contributed by atoms with E-state index in [0.29, 0.717) is 49.7 Å². The number of phenols is 1. The van der Waals surface area contributed by atoms with Crippen LogP contribution in [0, 0.1) is 20.8 Å². The van der Waals surface area contributed by atoms with Gasteiger partial charge in [-0.15, -0.1) is 0 Å². The summed E-state index contributed by atoms with van der Waals surface area (Å²) in [4.78, 5) is 38.0. The molecule has 2 heterocycles. The summed E-state index contributed by atoms with van der Waals surface area (Å²) >= 11 is 1.01. The molecule has 2 aliphatic heterocycles. The molecular formula is C27H32N2O6S. The van der Waals surface area contributed by atoms with Crippen molar-refractivity contribution >= 4 is 28.8 Å². The maximum Gasteiger partial charge on any atom is 0.286 e. The van der Waals surface area contributed by atoms with E-state index < -0.39 is 10.9 Å². The van der Waals surface area contributed by atoms with Crippen LogP contribution in [0.25, 0.3) is 0 Å². The van der Waals surface area contributed by atoms with Crippen molar-refractivity contribution in [3.63, 3.8) is 0 Å². The van der Waals surface area contributed by atoms with Crippen LogP contribution in [0.1, 0.15) is 41.2 Å². The number of hydrogen-bond acceptors (Lipinski definition) is 7. The molecule has 2 aliphatic rings. The van der Waals surface area contributed by atoms with Crippen LogP contribution in [0.15, 0.2) is 24.3 Å². The number of amides is 3. The van der Waals surface area contributed by atoms with Gasteiger partial charge in [0.15, 0.2) is 5.60 Å². The first kappa shape index (κ1) is 25.9. The number of hydrogen-bond donors (Lipinski definition) is 2. The highest BCUT2D eigenvalue weighted by molar-refractivity contribution is 8.15. The van der Waals surface area contributed by atoms with Crippen molar-refractivity contribution in [3.8, 4) is 17.2 Å². The van der Waals surface area contributed by atoms with E-state index in [0.717, 1.165) is 39.6 Å². The SMILES string of the molecule is Cc1c(C)c2c(c(C)c1O)CCC(C)(C(=O)N(C)CCOc1ccc(CC3SC(=O)NC3=O)cc1)O2. The monoisotopic (exact) mass is 512 g/mol. The van der Waals surface area contributed by atoms with Crippen molar-refractivity contribution in [1.29, 1.82) is 0 Å². The zero-order valence-electron chi connectivity index (χ0n) is 21.3. The van der Waals surface area contributed by atoms with Crippen molar-refractivity contribution in [2.45, 2.75) is 57.8 Å². The Morgan fingerprint density at radius 2 is 1.89 bits per heavy atom. The van der Waals surface area contributed by atoms with Crippen molar-refractivity contribution in [2.24, 2.45) is 0 Å². The first-order valence-electron chi connectivity index (χ1n) is 12.0. The van der Waals surface area contributed by atoms with Gasteiger partial charge in [-0.25, -0.2) is 0 Å². The molecule has 2 aromatic carbocycles. The lowest BCUT2D eigenvalue weighted by atomic mass is 9.86. The van der Waals surface area contributed by atoms with Gasteiger partial charge in [0.25, 0.3) is 11.1 Å². The fourth-order valence-electron chi connectivity index (χ4n) is 4.67. The summed E-state index contributed by atoms with van der Waals surface area (Å²) in [5.41, 5.74) is 3.36. The van der Waals surface area contributed by atoms with Gasteiger partial charge in [0, 0.05) is 19.0 Å². The van der Waals surface area contributed by atoms with Crippen LogP contribution in [0.4, 0.5) is 4.79 Å². The van der Waals surface area contributed by atoms with E-state index in [4.69, 9.17) is 9.47 Å². The van der Waals surface area contributed by atoms with Gasteiger partial charge >= 0.3 is 0 Å². The lowest BCUT2D eigenvalue weighted by Crippen LogP contribution is -2.52. The van der Waals surface area contributed by atoms with Gasteiger partial charge in [-0.05, 0) is 74.9 Å². The first-order chi connectivity index (χ1) is 17.0. The third-order valence-electron chi connectivity index (χ3n) is 7.13. The van der Waals surface area contributed by atoms with Crippen LogP contribution in [-0.4, -0.2) is 58.1 Å². The number of phenolic OH excluding ortho intramolecular Hbond substituents is 1. The predicted octanol–water partition coefficient (Wildman–Crippen LogP) is 3.83. The highest BCUT2D eigenvalue weighted by Crippen LogP contribution is 2.43. The molecule has 1 saturated heterocycles. The summed E-state index contributed by atoms with van der Waals surface area (Å²) in [5, 5.41) is 12.0. The van der Waals surface area contributed by atoms with Gasteiger partial charge in [0.1, 0.15) is 23.9 Å². The molecule has 0 aromatic heterocycles. The fourth-order valence-corrected chi connectivity index (χ4v) is 5.53. The van der Waals surface area contributed by atoms with Crippen molar-refractivity contribution in [2.75, 3.05) is 20.2 Å². The number of nitrogens with one attached hydrogen (secondary N) is 1. The Bertz CT molecular complexity index is 1210. The zero-order valence-corrected chi connectivity index (χ0v) is 22.1. The molecule has 8 nitrogen and oxygen atoms in total. The van der Waals surface area contributed by atoms with Crippen LogP contribution in [0.5, 0.6) is 17.2 Å². The standard InChI is InChI=1S/C27H32N2O6S/c1-15-16(2)23-20(17(3)22(15)30)10-11-27(4,35-23)25(32)29(5)12-13-34-19-8-6-18(7-9-19)14-21-24(31)28-26(33)36-21/h6-9,21,30H,10-14H2,1-5H3,(H,28,31,33). The highest BCUT2D eigenvalue weighted by atomic mass is 32.2. The molecular weight excluding hydrogens is 480 g/mol. The molecule has 4 rings (SSSR count). The number of aromatic hydroxyl groups is 1. The van der Waals surface area contributed by atoms with E-state index >= 15 is 0 Å². The van der Waals surface area contributed by atoms with Crippen LogP contribution < -0.4 is 14.8 Å².